The van der Waals surface area contributed by atoms with E-state index in [1.165, 1.54) is 0 Å². The summed E-state index contributed by atoms with van der Waals surface area (Å²) in [6, 6.07) is 7.73. The topological polar surface area (TPSA) is 40.5 Å². The van der Waals surface area contributed by atoms with Crippen LogP contribution in [0.5, 0.6) is 0 Å². The fourth-order valence-electron chi connectivity index (χ4n) is 2.48. The molecule has 3 heteroatoms. The molecule has 3 nitrogen and oxygen atoms in total. The number of rotatable bonds is 3. The second-order valence-corrected chi connectivity index (χ2v) is 5.36. The van der Waals surface area contributed by atoms with Crippen molar-refractivity contribution < 1.29 is 9.90 Å². The van der Waals surface area contributed by atoms with Gasteiger partial charge in [-0.05, 0) is 25.3 Å². The smallest absolute Gasteiger partial charge is 0.176 e. The Bertz CT molecular complexity index is 430. The van der Waals surface area contributed by atoms with Crippen LogP contribution in [0.1, 0.15) is 29.3 Å². The first-order valence-corrected chi connectivity index (χ1v) is 6.56. The van der Waals surface area contributed by atoms with Crippen LogP contribution in [0.25, 0.3) is 0 Å². The number of piperidine rings is 1. The van der Waals surface area contributed by atoms with Crippen molar-refractivity contribution in [1.29, 1.82) is 0 Å². The summed E-state index contributed by atoms with van der Waals surface area (Å²) in [4.78, 5) is 14.3. The number of carbonyl (C=O) groups excluding carboxylic acids is 1. The van der Waals surface area contributed by atoms with Crippen molar-refractivity contribution in [2.45, 2.75) is 26.4 Å². The van der Waals surface area contributed by atoms with Gasteiger partial charge in [0.1, 0.15) is 0 Å². The van der Waals surface area contributed by atoms with E-state index in [9.17, 15) is 9.90 Å². The van der Waals surface area contributed by atoms with Gasteiger partial charge < -0.3 is 5.11 Å². The molecule has 0 radical (unpaired) electrons. The number of nitrogens with zero attached hydrogens (tertiary/aromatic N) is 1. The van der Waals surface area contributed by atoms with E-state index in [-0.39, 0.29) is 17.8 Å². The van der Waals surface area contributed by atoms with Crippen LogP contribution in [0.2, 0.25) is 0 Å². The molecule has 1 N–H and O–H groups in total. The molecule has 0 amide bonds. The number of Topliss-reactive ketones (excluding diaryl/α,β-unsaturated/α-hetero) is 1. The van der Waals surface area contributed by atoms with Gasteiger partial charge in [-0.25, -0.2) is 0 Å². The van der Waals surface area contributed by atoms with Crippen LogP contribution >= 0.6 is 0 Å². The fourth-order valence-corrected chi connectivity index (χ4v) is 2.48. The number of aliphatic hydroxyl groups is 1. The molecule has 0 spiro atoms. The molecule has 1 fully saturated rings. The van der Waals surface area contributed by atoms with Crippen LogP contribution in [0, 0.1) is 12.8 Å². The zero-order valence-corrected chi connectivity index (χ0v) is 11.1. The molecular formula is C15H21NO2. The van der Waals surface area contributed by atoms with Crippen molar-refractivity contribution in [1.82, 2.24) is 4.90 Å². The minimum absolute atomic E-state index is 0.169. The predicted molar refractivity (Wildman–Crippen MR) is 71.7 cm³/mol. The molecule has 1 aliphatic heterocycles. The van der Waals surface area contributed by atoms with Crippen LogP contribution in [0.15, 0.2) is 24.3 Å². The van der Waals surface area contributed by atoms with Gasteiger partial charge in [-0.1, -0.05) is 30.7 Å². The maximum Gasteiger partial charge on any atom is 0.176 e. The highest BCUT2D eigenvalue weighted by Crippen LogP contribution is 2.17. The monoisotopic (exact) mass is 247 g/mol. The van der Waals surface area contributed by atoms with Crippen molar-refractivity contribution in [3.8, 4) is 0 Å². The summed E-state index contributed by atoms with van der Waals surface area (Å²) < 4.78 is 0. The highest BCUT2D eigenvalue weighted by atomic mass is 16.3. The number of ketones is 1. The maximum absolute atomic E-state index is 12.1. The first kappa shape index (κ1) is 13.2. The van der Waals surface area contributed by atoms with E-state index >= 15 is 0 Å². The second kappa shape index (κ2) is 5.63. The van der Waals surface area contributed by atoms with Gasteiger partial charge in [0.2, 0.25) is 0 Å². The van der Waals surface area contributed by atoms with Crippen molar-refractivity contribution in [3.63, 3.8) is 0 Å². The normalized spacial score (nSPS) is 25.1. The van der Waals surface area contributed by atoms with Crippen molar-refractivity contribution >= 4 is 5.78 Å². The third-order valence-electron chi connectivity index (χ3n) is 3.65. The van der Waals surface area contributed by atoms with Gasteiger partial charge >= 0.3 is 0 Å². The van der Waals surface area contributed by atoms with E-state index in [0.717, 1.165) is 30.6 Å². The van der Waals surface area contributed by atoms with Gasteiger partial charge in [0.15, 0.2) is 5.78 Å². The van der Waals surface area contributed by atoms with Gasteiger partial charge in [-0.15, -0.1) is 0 Å². The summed E-state index contributed by atoms with van der Waals surface area (Å²) in [6.45, 7) is 6.10. The summed E-state index contributed by atoms with van der Waals surface area (Å²) in [7, 11) is 0. The van der Waals surface area contributed by atoms with Crippen LogP contribution in [-0.2, 0) is 0 Å². The first-order valence-electron chi connectivity index (χ1n) is 6.56. The molecule has 18 heavy (non-hydrogen) atoms. The van der Waals surface area contributed by atoms with Gasteiger partial charge in [-0.2, -0.15) is 0 Å². The number of aliphatic hydroxyl groups excluding tert-OH is 1. The third kappa shape index (κ3) is 3.18. The van der Waals surface area contributed by atoms with E-state index < -0.39 is 0 Å². The van der Waals surface area contributed by atoms with Crippen LogP contribution in [-0.4, -0.2) is 41.5 Å². The molecule has 0 aliphatic carbocycles. The Morgan fingerprint density at radius 3 is 2.94 bits per heavy atom. The molecule has 1 aromatic rings. The Morgan fingerprint density at radius 2 is 2.28 bits per heavy atom. The minimum atomic E-state index is -0.213. The van der Waals surface area contributed by atoms with Crippen molar-refractivity contribution in [2.75, 3.05) is 19.6 Å². The molecular weight excluding hydrogens is 226 g/mol. The van der Waals surface area contributed by atoms with E-state index in [0.29, 0.717) is 6.54 Å². The van der Waals surface area contributed by atoms with E-state index in [4.69, 9.17) is 0 Å². The molecule has 2 unspecified atom stereocenters. The molecule has 1 saturated heterocycles. The van der Waals surface area contributed by atoms with Gasteiger partial charge in [-0.3, -0.25) is 9.69 Å². The zero-order chi connectivity index (χ0) is 13.1. The fraction of sp³-hybridized carbons (Fsp3) is 0.533. The molecule has 2 atom stereocenters. The molecule has 1 heterocycles. The number of hydrogen-bond acceptors (Lipinski definition) is 3. The van der Waals surface area contributed by atoms with E-state index in [2.05, 4.69) is 4.90 Å². The Morgan fingerprint density at radius 1 is 1.50 bits per heavy atom. The summed E-state index contributed by atoms with van der Waals surface area (Å²) in [5, 5.41) is 9.67. The lowest BCUT2D eigenvalue weighted by Crippen LogP contribution is -2.44. The molecule has 0 saturated carbocycles. The third-order valence-corrected chi connectivity index (χ3v) is 3.65. The van der Waals surface area contributed by atoms with Gasteiger partial charge in [0.25, 0.3) is 0 Å². The van der Waals surface area contributed by atoms with Crippen LogP contribution in [0.4, 0.5) is 0 Å². The number of aryl methyl sites for hydroxylation is 1. The van der Waals surface area contributed by atoms with Crippen molar-refractivity contribution in [2.24, 2.45) is 5.92 Å². The average molecular weight is 247 g/mol. The van der Waals surface area contributed by atoms with E-state index in [1.807, 2.05) is 38.1 Å². The maximum atomic E-state index is 12.1. The first-order chi connectivity index (χ1) is 8.56. The molecule has 1 aromatic carbocycles. The molecule has 2 rings (SSSR count). The summed E-state index contributed by atoms with van der Waals surface area (Å²) in [6.07, 6.45) is 0.553. The van der Waals surface area contributed by atoms with Crippen LogP contribution in [0.3, 0.4) is 0 Å². The lowest BCUT2D eigenvalue weighted by atomic mass is 9.96. The highest BCUT2D eigenvalue weighted by Gasteiger charge is 2.25. The van der Waals surface area contributed by atoms with Gasteiger partial charge in [0, 0.05) is 18.7 Å². The number of likely N-dealkylation sites (tertiary alicyclic amines) is 1. The molecule has 0 bridgehead atoms. The number of benzene rings is 1. The zero-order valence-electron chi connectivity index (χ0n) is 11.1. The molecule has 0 aromatic heterocycles. The highest BCUT2D eigenvalue weighted by molar-refractivity contribution is 5.97. The lowest BCUT2D eigenvalue weighted by molar-refractivity contribution is 0.0344. The average Bonchev–Trinajstić information content (AvgIpc) is 2.34. The number of carbonyl (C=O) groups is 1. The van der Waals surface area contributed by atoms with Gasteiger partial charge in [0.05, 0.1) is 12.6 Å². The Balaban J connectivity index is 1.96. The lowest BCUT2D eigenvalue weighted by Gasteiger charge is -2.33. The van der Waals surface area contributed by atoms with Crippen LogP contribution < -0.4 is 0 Å². The Hall–Kier alpha value is -1.19. The Labute approximate surface area is 108 Å². The SMILES string of the molecule is Cc1cccc(C(=O)CN2CCC(O)C(C)C2)c1. The van der Waals surface area contributed by atoms with E-state index in [1.54, 1.807) is 0 Å². The largest absolute Gasteiger partial charge is 0.393 e. The summed E-state index contributed by atoms with van der Waals surface area (Å²) >= 11 is 0. The standard InChI is InChI=1S/C15H21NO2/c1-11-4-3-5-13(8-11)15(18)10-16-7-6-14(17)12(2)9-16/h3-5,8,12,14,17H,6-7,9-10H2,1-2H3. The molecule has 1 aliphatic rings. The quantitative estimate of drug-likeness (QED) is 0.829. The summed E-state index contributed by atoms with van der Waals surface area (Å²) in [5.74, 6) is 0.423. The molecule has 98 valence electrons. The Kier molecular flexibility index (Phi) is 4.15. The number of hydrogen-bond donors (Lipinski definition) is 1. The second-order valence-electron chi connectivity index (χ2n) is 5.36. The summed E-state index contributed by atoms with van der Waals surface area (Å²) in [5.41, 5.74) is 1.90. The van der Waals surface area contributed by atoms with Crippen molar-refractivity contribution in [3.05, 3.63) is 35.4 Å². The predicted octanol–water partition coefficient (Wildman–Crippen LogP) is 1.88. The minimum Gasteiger partial charge on any atom is -0.393 e.